The molecule has 37 heavy (non-hydrogen) atoms. The number of anilines is 1. The van der Waals surface area contributed by atoms with E-state index in [9.17, 15) is 14.7 Å². The fourth-order valence-electron chi connectivity index (χ4n) is 4.49. The maximum absolute atomic E-state index is 13.5. The molecule has 1 N–H and O–H groups in total. The highest BCUT2D eigenvalue weighted by molar-refractivity contribution is 7.22. The number of aliphatic hydroxyl groups excluding tert-OH is 1. The van der Waals surface area contributed by atoms with Crippen molar-refractivity contribution in [2.45, 2.75) is 46.3 Å². The lowest BCUT2D eigenvalue weighted by Gasteiger charge is -2.23. The number of ketones is 1. The maximum atomic E-state index is 13.5. The van der Waals surface area contributed by atoms with Gasteiger partial charge in [0.2, 0.25) is 0 Å². The van der Waals surface area contributed by atoms with Gasteiger partial charge in [0.15, 0.2) is 5.13 Å². The summed E-state index contributed by atoms with van der Waals surface area (Å²) < 4.78 is 6.72. The van der Waals surface area contributed by atoms with Gasteiger partial charge in [-0.3, -0.25) is 14.5 Å². The lowest BCUT2D eigenvalue weighted by atomic mass is 9.95. The number of benzene rings is 3. The smallest absolute Gasteiger partial charge is 0.301 e. The lowest BCUT2D eigenvalue weighted by Crippen LogP contribution is -2.29. The number of aromatic nitrogens is 1. The first-order valence-electron chi connectivity index (χ1n) is 12.3. The first-order chi connectivity index (χ1) is 17.8. The minimum atomic E-state index is -0.833. The zero-order chi connectivity index (χ0) is 26.3. The van der Waals surface area contributed by atoms with E-state index in [-0.39, 0.29) is 17.4 Å². The fourth-order valence-corrected chi connectivity index (χ4v) is 5.55. The van der Waals surface area contributed by atoms with Gasteiger partial charge in [0, 0.05) is 5.56 Å². The molecule has 2 heterocycles. The number of carbonyl (C=O) groups excluding carboxylic acids is 2. The summed E-state index contributed by atoms with van der Waals surface area (Å²) >= 11 is 1.36. The molecule has 1 aliphatic heterocycles. The molecule has 1 atom stereocenters. The molecule has 1 aromatic heterocycles. The molecule has 1 fully saturated rings. The summed E-state index contributed by atoms with van der Waals surface area (Å²) in [4.78, 5) is 33.0. The van der Waals surface area contributed by atoms with Crippen LogP contribution in [0.25, 0.3) is 16.0 Å². The number of fused-ring (bicyclic) bond motifs is 1. The number of hydrogen-bond acceptors (Lipinski definition) is 6. The maximum Gasteiger partial charge on any atom is 0.301 e. The Balaban J connectivity index is 1.68. The van der Waals surface area contributed by atoms with Crippen LogP contribution in [0.4, 0.5) is 5.13 Å². The van der Waals surface area contributed by atoms with E-state index in [0.717, 1.165) is 22.2 Å². The van der Waals surface area contributed by atoms with Crippen molar-refractivity contribution in [3.8, 4) is 5.75 Å². The molecule has 6 nitrogen and oxygen atoms in total. The molecule has 0 aliphatic carbocycles. The van der Waals surface area contributed by atoms with E-state index in [0.29, 0.717) is 22.0 Å². The van der Waals surface area contributed by atoms with Crippen LogP contribution in [0, 0.1) is 6.92 Å². The van der Waals surface area contributed by atoms with Gasteiger partial charge in [0.1, 0.15) is 11.5 Å². The highest BCUT2D eigenvalue weighted by Crippen LogP contribution is 2.44. The summed E-state index contributed by atoms with van der Waals surface area (Å²) in [6, 6.07) is 19.7. The number of hydrogen-bond donors (Lipinski definition) is 1. The van der Waals surface area contributed by atoms with Crippen LogP contribution in [0.3, 0.4) is 0 Å². The molecular weight excluding hydrogens is 484 g/mol. The van der Waals surface area contributed by atoms with Crippen LogP contribution >= 0.6 is 11.3 Å². The summed E-state index contributed by atoms with van der Waals surface area (Å²) in [5.74, 6) is -0.973. The molecule has 0 bridgehead atoms. The van der Waals surface area contributed by atoms with Crippen LogP contribution in [-0.4, -0.2) is 27.9 Å². The Labute approximate surface area is 219 Å². The van der Waals surface area contributed by atoms with Crippen molar-refractivity contribution in [2.75, 3.05) is 4.90 Å². The number of ether oxygens (including phenoxy) is 1. The monoisotopic (exact) mass is 512 g/mol. The van der Waals surface area contributed by atoms with Crippen LogP contribution < -0.4 is 9.64 Å². The fraction of sp³-hybridized carbons (Fsp3) is 0.233. The van der Waals surface area contributed by atoms with E-state index < -0.39 is 17.7 Å². The quantitative estimate of drug-likeness (QED) is 0.179. The van der Waals surface area contributed by atoms with Gasteiger partial charge in [-0.2, -0.15) is 0 Å². The van der Waals surface area contributed by atoms with Crippen molar-refractivity contribution in [1.29, 1.82) is 0 Å². The molecule has 0 radical (unpaired) electrons. The van der Waals surface area contributed by atoms with E-state index >= 15 is 0 Å². The third kappa shape index (κ3) is 4.62. The standard InChI is InChI=1S/C30H28N2O4S/c1-5-19-8-15-23-24(16-19)37-30(31-23)32-26(20-11-13-22(14-12-20)36-17(2)3)25(28(34)29(32)35)27(33)21-9-6-18(4)7-10-21/h6-17,26,33H,5H2,1-4H3/b27-25+. The minimum Gasteiger partial charge on any atom is -0.507 e. The van der Waals surface area contributed by atoms with Gasteiger partial charge in [-0.1, -0.05) is 66.3 Å². The van der Waals surface area contributed by atoms with Gasteiger partial charge in [-0.15, -0.1) is 0 Å². The number of rotatable bonds is 6. The second-order valence-electron chi connectivity index (χ2n) is 9.42. The predicted molar refractivity (Wildman–Crippen MR) is 147 cm³/mol. The van der Waals surface area contributed by atoms with Gasteiger partial charge >= 0.3 is 5.91 Å². The Bertz CT molecular complexity index is 1520. The summed E-state index contributed by atoms with van der Waals surface area (Å²) in [5.41, 5.74) is 4.15. The average molecular weight is 513 g/mol. The Morgan fingerprint density at radius 1 is 1.05 bits per heavy atom. The first-order valence-corrected chi connectivity index (χ1v) is 13.1. The highest BCUT2D eigenvalue weighted by atomic mass is 32.1. The molecular formula is C30H28N2O4S. The summed E-state index contributed by atoms with van der Waals surface area (Å²) in [5, 5.41) is 11.7. The number of nitrogens with zero attached hydrogens (tertiary/aromatic N) is 2. The minimum absolute atomic E-state index is 0.00813. The molecule has 4 aromatic rings. The molecule has 1 aliphatic rings. The highest BCUT2D eigenvalue weighted by Gasteiger charge is 2.48. The number of aryl methyl sites for hydroxylation is 2. The van der Waals surface area contributed by atoms with Crippen molar-refractivity contribution in [3.63, 3.8) is 0 Å². The van der Waals surface area contributed by atoms with Gasteiger partial charge in [0.05, 0.1) is 27.9 Å². The van der Waals surface area contributed by atoms with Crippen LogP contribution in [0.2, 0.25) is 0 Å². The van der Waals surface area contributed by atoms with E-state index in [2.05, 4.69) is 13.0 Å². The second kappa shape index (κ2) is 9.82. The average Bonchev–Trinajstić information content (AvgIpc) is 3.41. The molecule has 1 saturated heterocycles. The van der Waals surface area contributed by atoms with Crippen LogP contribution in [-0.2, 0) is 16.0 Å². The third-order valence-corrected chi connectivity index (χ3v) is 7.41. The summed E-state index contributed by atoms with van der Waals surface area (Å²) in [7, 11) is 0. The van der Waals surface area contributed by atoms with E-state index in [1.165, 1.54) is 21.8 Å². The van der Waals surface area contributed by atoms with E-state index in [1.54, 1.807) is 12.1 Å². The molecule has 1 amide bonds. The normalized spacial score (nSPS) is 17.2. The number of aliphatic hydroxyl groups is 1. The van der Waals surface area contributed by atoms with E-state index in [1.807, 2.05) is 69.3 Å². The molecule has 0 spiro atoms. The number of thiazole rings is 1. The Morgan fingerprint density at radius 3 is 2.41 bits per heavy atom. The SMILES string of the molecule is CCc1ccc2nc(N3C(=O)C(=O)/C(=C(/O)c4ccc(C)cc4)C3c3ccc(OC(C)C)cc3)sc2c1. The van der Waals surface area contributed by atoms with Gasteiger partial charge in [0.25, 0.3) is 5.78 Å². The summed E-state index contributed by atoms with van der Waals surface area (Å²) in [6.07, 6.45) is 0.892. The predicted octanol–water partition coefficient (Wildman–Crippen LogP) is 6.58. The second-order valence-corrected chi connectivity index (χ2v) is 10.4. The lowest BCUT2D eigenvalue weighted by molar-refractivity contribution is -0.132. The van der Waals surface area contributed by atoms with Crippen molar-refractivity contribution in [1.82, 2.24) is 4.98 Å². The Hall–Kier alpha value is -3.97. The first kappa shape index (κ1) is 24.7. The zero-order valence-electron chi connectivity index (χ0n) is 21.2. The molecule has 7 heteroatoms. The molecule has 0 saturated carbocycles. The topological polar surface area (TPSA) is 79.7 Å². The molecule has 188 valence electrons. The molecule has 1 unspecified atom stereocenters. The van der Waals surface area contributed by atoms with Crippen LogP contribution in [0.5, 0.6) is 5.75 Å². The Morgan fingerprint density at radius 2 is 1.76 bits per heavy atom. The van der Waals surface area contributed by atoms with Gasteiger partial charge in [-0.05, 0) is 62.6 Å². The summed E-state index contributed by atoms with van der Waals surface area (Å²) in [6.45, 7) is 7.92. The van der Waals surface area contributed by atoms with Crippen molar-refractivity contribution in [3.05, 3.63) is 94.6 Å². The number of Topliss-reactive ketones (excluding diaryl/α,β-unsaturated/α-hetero) is 1. The zero-order valence-corrected chi connectivity index (χ0v) is 22.0. The van der Waals surface area contributed by atoms with Crippen LogP contribution in [0.1, 0.15) is 49.1 Å². The van der Waals surface area contributed by atoms with Crippen molar-refractivity contribution in [2.24, 2.45) is 0 Å². The van der Waals surface area contributed by atoms with Gasteiger partial charge in [-0.25, -0.2) is 4.98 Å². The van der Waals surface area contributed by atoms with Gasteiger partial charge < -0.3 is 9.84 Å². The molecule has 5 rings (SSSR count). The third-order valence-electron chi connectivity index (χ3n) is 6.39. The van der Waals surface area contributed by atoms with E-state index in [4.69, 9.17) is 9.72 Å². The Kier molecular flexibility index (Phi) is 6.56. The molecule has 3 aromatic carbocycles. The number of amides is 1. The van der Waals surface area contributed by atoms with Crippen LogP contribution in [0.15, 0.2) is 72.3 Å². The largest absolute Gasteiger partial charge is 0.507 e. The number of carbonyl (C=O) groups is 2. The van der Waals surface area contributed by atoms with Crippen molar-refractivity contribution >= 4 is 44.1 Å². The van der Waals surface area contributed by atoms with Crippen molar-refractivity contribution < 1.29 is 19.4 Å².